The summed E-state index contributed by atoms with van der Waals surface area (Å²) in [6, 6.07) is 5.64. The van der Waals surface area contributed by atoms with Crippen molar-refractivity contribution >= 4 is 28.9 Å². The van der Waals surface area contributed by atoms with Crippen molar-refractivity contribution in [2.24, 2.45) is 0 Å². The monoisotopic (exact) mass is 309 g/mol. The Morgan fingerprint density at radius 1 is 0.950 bits per heavy atom. The molecule has 0 radical (unpaired) electrons. The van der Waals surface area contributed by atoms with E-state index in [4.69, 9.17) is 23.2 Å². The molecule has 0 spiro atoms. The van der Waals surface area contributed by atoms with E-state index >= 15 is 0 Å². The number of nitrogens with one attached hydrogen (secondary N) is 2. The van der Waals surface area contributed by atoms with Gasteiger partial charge in [-0.2, -0.15) is 0 Å². The van der Waals surface area contributed by atoms with E-state index in [2.05, 4.69) is 21.8 Å². The van der Waals surface area contributed by atoms with Crippen LogP contribution in [0, 0.1) is 0 Å². The van der Waals surface area contributed by atoms with Crippen molar-refractivity contribution in [2.75, 3.05) is 13.1 Å². The van der Waals surface area contributed by atoms with E-state index in [9.17, 15) is 0 Å². The fourth-order valence-corrected chi connectivity index (χ4v) is 2.97. The molecule has 106 valence electrons. The highest BCUT2D eigenvalue weighted by Crippen LogP contribution is 2.30. The molecule has 1 saturated heterocycles. The normalized spacial score (nSPS) is 18.8. The summed E-state index contributed by atoms with van der Waals surface area (Å²) in [6.07, 6.45) is 7.98. The minimum absolute atomic E-state index is 0.567. The Bertz CT molecular complexity index is 560. The molecule has 2 aliphatic heterocycles. The molecule has 2 heterocycles. The highest BCUT2D eigenvalue weighted by molar-refractivity contribution is 6.43. The summed E-state index contributed by atoms with van der Waals surface area (Å²) >= 11 is 12.3. The Balaban J connectivity index is 1.81. The van der Waals surface area contributed by atoms with Crippen LogP contribution in [0.1, 0.15) is 24.8 Å². The van der Waals surface area contributed by atoms with E-state index in [1.807, 2.05) is 18.2 Å². The highest BCUT2D eigenvalue weighted by Gasteiger charge is 2.17. The third-order valence-corrected chi connectivity index (χ3v) is 4.49. The van der Waals surface area contributed by atoms with Crippen LogP contribution in [0.25, 0.3) is 5.70 Å². The lowest BCUT2D eigenvalue weighted by atomic mass is 10.1. The first-order valence-electron chi connectivity index (χ1n) is 6.89. The predicted octanol–water partition coefficient (Wildman–Crippen LogP) is 3.77. The Kier molecular flexibility index (Phi) is 4.08. The van der Waals surface area contributed by atoms with E-state index < -0.39 is 0 Å². The Morgan fingerprint density at radius 3 is 2.45 bits per heavy atom. The summed E-state index contributed by atoms with van der Waals surface area (Å²) in [4.78, 5) is 2.36. The molecule has 0 amide bonds. The van der Waals surface area contributed by atoms with Gasteiger partial charge in [0.25, 0.3) is 0 Å². The Morgan fingerprint density at radius 2 is 1.75 bits per heavy atom. The van der Waals surface area contributed by atoms with Gasteiger partial charge in [0.15, 0.2) is 0 Å². The SMILES string of the molecule is Clc1cccc(C2=CC=C(N3CCCCC3)NN2)c1Cl. The zero-order valence-corrected chi connectivity index (χ0v) is 12.6. The Labute approximate surface area is 129 Å². The van der Waals surface area contributed by atoms with Crippen molar-refractivity contribution in [2.45, 2.75) is 19.3 Å². The van der Waals surface area contributed by atoms with E-state index in [0.29, 0.717) is 10.0 Å². The molecule has 20 heavy (non-hydrogen) atoms. The molecule has 3 nitrogen and oxygen atoms in total. The summed E-state index contributed by atoms with van der Waals surface area (Å²) in [7, 11) is 0. The predicted molar refractivity (Wildman–Crippen MR) is 84.2 cm³/mol. The molecule has 2 N–H and O–H groups in total. The van der Waals surface area contributed by atoms with Crippen molar-refractivity contribution in [1.29, 1.82) is 0 Å². The number of hydrogen-bond donors (Lipinski definition) is 2. The van der Waals surface area contributed by atoms with Crippen molar-refractivity contribution < 1.29 is 0 Å². The number of hydrazine groups is 1. The first kappa shape index (κ1) is 13.7. The van der Waals surface area contributed by atoms with Crippen molar-refractivity contribution in [3.63, 3.8) is 0 Å². The quantitative estimate of drug-likeness (QED) is 0.871. The van der Waals surface area contributed by atoms with Crippen LogP contribution in [-0.2, 0) is 0 Å². The van der Waals surface area contributed by atoms with Crippen LogP contribution in [0.15, 0.2) is 36.2 Å². The molecule has 2 aliphatic rings. The van der Waals surface area contributed by atoms with Gasteiger partial charge < -0.3 is 4.90 Å². The van der Waals surface area contributed by atoms with Gasteiger partial charge >= 0.3 is 0 Å². The van der Waals surface area contributed by atoms with Crippen molar-refractivity contribution in [3.8, 4) is 0 Å². The van der Waals surface area contributed by atoms with Crippen molar-refractivity contribution in [1.82, 2.24) is 15.8 Å². The van der Waals surface area contributed by atoms with Crippen LogP contribution >= 0.6 is 23.2 Å². The van der Waals surface area contributed by atoms with Crippen molar-refractivity contribution in [3.05, 3.63) is 51.8 Å². The molecule has 0 atom stereocenters. The molecule has 0 bridgehead atoms. The van der Waals surface area contributed by atoms with Gasteiger partial charge in [-0.1, -0.05) is 35.3 Å². The summed E-state index contributed by atoms with van der Waals surface area (Å²) in [5.74, 6) is 1.12. The maximum absolute atomic E-state index is 6.24. The number of rotatable bonds is 2. The van der Waals surface area contributed by atoms with Gasteiger partial charge in [-0.3, -0.25) is 10.9 Å². The summed E-state index contributed by atoms with van der Waals surface area (Å²) in [5.41, 5.74) is 8.29. The maximum atomic E-state index is 6.24. The fraction of sp³-hybridized carbons (Fsp3) is 0.333. The molecule has 1 fully saturated rings. The smallest absolute Gasteiger partial charge is 0.120 e. The lowest BCUT2D eigenvalue weighted by Crippen LogP contribution is -2.42. The molecule has 0 saturated carbocycles. The zero-order valence-electron chi connectivity index (χ0n) is 11.1. The van der Waals surface area contributed by atoms with Crippen LogP contribution in [0.5, 0.6) is 0 Å². The highest BCUT2D eigenvalue weighted by atomic mass is 35.5. The van der Waals surface area contributed by atoms with E-state index in [1.165, 1.54) is 19.3 Å². The van der Waals surface area contributed by atoms with Gasteiger partial charge in [-0.15, -0.1) is 0 Å². The lowest BCUT2D eigenvalue weighted by molar-refractivity contribution is 0.262. The zero-order chi connectivity index (χ0) is 13.9. The number of benzene rings is 1. The third-order valence-electron chi connectivity index (χ3n) is 3.67. The summed E-state index contributed by atoms with van der Waals surface area (Å²) < 4.78 is 0. The number of hydrogen-bond acceptors (Lipinski definition) is 3. The van der Waals surface area contributed by atoms with Gasteiger partial charge in [-0.05, 0) is 37.5 Å². The second-order valence-electron chi connectivity index (χ2n) is 5.03. The van der Waals surface area contributed by atoms with Crippen LogP contribution in [0.4, 0.5) is 0 Å². The van der Waals surface area contributed by atoms with Crippen LogP contribution in [0.3, 0.4) is 0 Å². The maximum Gasteiger partial charge on any atom is 0.120 e. The van der Waals surface area contributed by atoms with Gasteiger partial charge in [-0.25, -0.2) is 0 Å². The van der Waals surface area contributed by atoms with E-state index in [-0.39, 0.29) is 0 Å². The van der Waals surface area contributed by atoms with Crippen LogP contribution < -0.4 is 10.9 Å². The largest absolute Gasteiger partial charge is 0.357 e. The number of halogens is 2. The second-order valence-corrected chi connectivity index (χ2v) is 5.82. The summed E-state index contributed by atoms with van der Waals surface area (Å²) in [6.45, 7) is 2.23. The first-order valence-corrected chi connectivity index (χ1v) is 7.64. The molecule has 0 unspecified atom stereocenters. The van der Waals surface area contributed by atoms with Gasteiger partial charge in [0.1, 0.15) is 5.82 Å². The summed E-state index contributed by atoms with van der Waals surface area (Å²) in [5, 5.41) is 1.14. The lowest BCUT2D eigenvalue weighted by Gasteiger charge is -2.33. The number of piperidine rings is 1. The van der Waals surface area contributed by atoms with E-state index in [1.54, 1.807) is 6.07 Å². The molecule has 1 aromatic carbocycles. The molecule has 1 aromatic rings. The standard InChI is InChI=1S/C15H17Cl2N3/c16-12-6-4-5-11(15(12)17)13-7-8-14(19-18-13)20-9-2-1-3-10-20/h4-8,18-19H,1-3,9-10H2. The first-order chi connectivity index (χ1) is 9.75. The minimum atomic E-state index is 0.567. The molecule has 0 aliphatic carbocycles. The number of nitrogens with zero attached hydrogens (tertiary/aromatic N) is 1. The number of allylic oxidation sites excluding steroid dienone is 2. The van der Waals surface area contributed by atoms with E-state index in [0.717, 1.165) is 30.2 Å². The van der Waals surface area contributed by atoms with Crippen LogP contribution in [0.2, 0.25) is 10.0 Å². The average Bonchev–Trinajstić information content (AvgIpc) is 2.51. The Hall–Kier alpha value is -1.32. The second kappa shape index (κ2) is 5.98. The van der Waals surface area contributed by atoms with Gasteiger partial charge in [0.05, 0.1) is 15.7 Å². The van der Waals surface area contributed by atoms with Gasteiger partial charge in [0.2, 0.25) is 0 Å². The fourth-order valence-electron chi connectivity index (χ4n) is 2.57. The molecular weight excluding hydrogens is 293 g/mol. The third kappa shape index (κ3) is 2.74. The topological polar surface area (TPSA) is 27.3 Å². The molecule has 3 rings (SSSR count). The molecule has 5 heteroatoms. The molecule has 0 aromatic heterocycles. The average molecular weight is 310 g/mol. The molecular formula is C15H17Cl2N3. The number of likely N-dealkylation sites (tertiary alicyclic amines) is 1. The van der Waals surface area contributed by atoms with Crippen LogP contribution in [-0.4, -0.2) is 18.0 Å². The van der Waals surface area contributed by atoms with Gasteiger partial charge in [0, 0.05) is 18.7 Å². The minimum Gasteiger partial charge on any atom is -0.357 e.